The van der Waals surface area contributed by atoms with Gasteiger partial charge in [-0.3, -0.25) is 13.9 Å². The van der Waals surface area contributed by atoms with Crippen LogP contribution in [0.4, 0.5) is 5.69 Å². The molecule has 10 heteroatoms. The standard InChI is InChI=1S/C31H38BrN3O5S/c1-7-40-27-16-14-26(15-17-27)35(41(38,39)28-18-12-25(32)13-19-28)21-29(36)34(20-24-11-9-8-10-22(24)2)23(3)30(37)33-31(4,5)6/h8-19,23H,7,20-21H2,1-6H3,(H,33,37)/t23-/m1/s1. The number of anilines is 1. The van der Waals surface area contributed by atoms with Crippen LogP contribution in [0.15, 0.2) is 82.2 Å². The molecule has 3 rings (SSSR count). The normalized spacial score (nSPS) is 12.4. The van der Waals surface area contributed by atoms with E-state index in [0.29, 0.717) is 18.0 Å². The Hall–Kier alpha value is -3.37. The first kappa shape index (κ1) is 32.1. The fourth-order valence-electron chi connectivity index (χ4n) is 4.17. The first-order chi connectivity index (χ1) is 19.2. The molecule has 1 atom stereocenters. The highest BCUT2D eigenvalue weighted by atomic mass is 79.9. The van der Waals surface area contributed by atoms with Crippen molar-refractivity contribution in [3.8, 4) is 5.75 Å². The third-order valence-electron chi connectivity index (χ3n) is 6.38. The van der Waals surface area contributed by atoms with Crippen molar-refractivity contribution in [2.75, 3.05) is 17.5 Å². The molecule has 2 amide bonds. The SMILES string of the molecule is CCOc1ccc(N(CC(=O)N(Cc2ccccc2C)[C@H](C)C(=O)NC(C)(C)C)S(=O)(=O)c2ccc(Br)cc2)cc1. The van der Waals surface area contributed by atoms with Gasteiger partial charge in [-0.25, -0.2) is 8.42 Å². The predicted octanol–water partition coefficient (Wildman–Crippen LogP) is 5.68. The van der Waals surface area contributed by atoms with Crippen LogP contribution in [0.1, 0.15) is 45.7 Å². The molecule has 0 radical (unpaired) electrons. The lowest BCUT2D eigenvalue weighted by Gasteiger charge is -2.33. The molecule has 0 saturated carbocycles. The van der Waals surface area contributed by atoms with Crippen LogP contribution in [-0.4, -0.2) is 49.9 Å². The van der Waals surface area contributed by atoms with Crippen molar-refractivity contribution in [1.29, 1.82) is 0 Å². The van der Waals surface area contributed by atoms with Crippen LogP contribution < -0.4 is 14.4 Å². The van der Waals surface area contributed by atoms with E-state index < -0.39 is 34.1 Å². The van der Waals surface area contributed by atoms with Gasteiger partial charge in [0, 0.05) is 16.6 Å². The summed E-state index contributed by atoms with van der Waals surface area (Å²) < 4.78 is 35.2. The van der Waals surface area contributed by atoms with E-state index in [0.717, 1.165) is 19.9 Å². The highest BCUT2D eigenvalue weighted by Crippen LogP contribution is 2.27. The monoisotopic (exact) mass is 643 g/mol. The van der Waals surface area contributed by atoms with E-state index in [1.807, 2.05) is 58.9 Å². The van der Waals surface area contributed by atoms with Gasteiger partial charge in [0.05, 0.1) is 17.2 Å². The number of rotatable bonds is 11. The average Bonchev–Trinajstić information content (AvgIpc) is 2.90. The second-order valence-electron chi connectivity index (χ2n) is 10.8. The fourth-order valence-corrected chi connectivity index (χ4v) is 5.84. The zero-order chi connectivity index (χ0) is 30.4. The second-order valence-corrected chi connectivity index (χ2v) is 13.5. The maximum absolute atomic E-state index is 14.1. The number of amides is 2. The molecule has 0 unspecified atom stereocenters. The van der Waals surface area contributed by atoms with Crippen LogP contribution in [0.2, 0.25) is 0 Å². The topological polar surface area (TPSA) is 96.0 Å². The number of benzene rings is 3. The van der Waals surface area contributed by atoms with E-state index in [2.05, 4.69) is 21.2 Å². The highest BCUT2D eigenvalue weighted by Gasteiger charge is 2.33. The van der Waals surface area contributed by atoms with E-state index in [-0.39, 0.29) is 17.3 Å². The lowest BCUT2D eigenvalue weighted by molar-refractivity contribution is -0.140. The highest BCUT2D eigenvalue weighted by molar-refractivity contribution is 9.10. The van der Waals surface area contributed by atoms with E-state index >= 15 is 0 Å². The van der Waals surface area contributed by atoms with Crippen LogP contribution in [-0.2, 0) is 26.2 Å². The Kier molecular flexibility index (Phi) is 10.6. The van der Waals surface area contributed by atoms with E-state index in [1.54, 1.807) is 43.3 Å². The zero-order valence-electron chi connectivity index (χ0n) is 24.3. The van der Waals surface area contributed by atoms with Crippen molar-refractivity contribution in [1.82, 2.24) is 10.2 Å². The fraction of sp³-hybridized carbons (Fsp3) is 0.355. The van der Waals surface area contributed by atoms with Crippen LogP contribution >= 0.6 is 15.9 Å². The molecule has 0 aromatic heterocycles. The summed E-state index contributed by atoms with van der Waals surface area (Å²) in [5.41, 5.74) is 1.61. The molecule has 0 aliphatic rings. The van der Waals surface area contributed by atoms with Gasteiger partial charge in [-0.05, 0) is 101 Å². The molecule has 0 aliphatic heterocycles. The Morgan fingerprint density at radius 2 is 1.59 bits per heavy atom. The number of ether oxygens (including phenoxy) is 1. The van der Waals surface area contributed by atoms with E-state index in [1.165, 1.54) is 17.0 Å². The minimum absolute atomic E-state index is 0.0337. The minimum Gasteiger partial charge on any atom is -0.494 e. The molecule has 0 aliphatic carbocycles. The summed E-state index contributed by atoms with van der Waals surface area (Å²) in [6, 6.07) is 19.5. The van der Waals surface area contributed by atoms with Gasteiger partial charge >= 0.3 is 0 Å². The maximum atomic E-state index is 14.1. The van der Waals surface area contributed by atoms with Gasteiger partial charge in [-0.15, -0.1) is 0 Å². The number of carbonyl (C=O) groups is 2. The third kappa shape index (κ3) is 8.56. The molecule has 8 nitrogen and oxygen atoms in total. The first-order valence-corrected chi connectivity index (χ1v) is 15.6. The Labute approximate surface area is 251 Å². The molecule has 3 aromatic carbocycles. The maximum Gasteiger partial charge on any atom is 0.264 e. The van der Waals surface area contributed by atoms with Crippen molar-refractivity contribution in [3.63, 3.8) is 0 Å². The average molecular weight is 645 g/mol. The van der Waals surface area contributed by atoms with Gasteiger partial charge in [0.2, 0.25) is 11.8 Å². The number of hydrogen-bond acceptors (Lipinski definition) is 5. The van der Waals surface area contributed by atoms with Crippen molar-refractivity contribution in [2.24, 2.45) is 0 Å². The van der Waals surface area contributed by atoms with E-state index in [9.17, 15) is 18.0 Å². The van der Waals surface area contributed by atoms with Crippen LogP contribution in [0, 0.1) is 6.92 Å². The predicted molar refractivity (Wildman–Crippen MR) is 165 cm³/mol. The van der Waals surface area contributed by atoms with Gasteiger partial charge in [-0.1, -0.05) is 40.2 Å². The number of nitrogens with one attached hydrogen (secondary N) is 1. The summed E-state index contributed by atoms with van der Waals surface area (Å²) in [4.78, 5) is 28.8. The molecule has 0 fully saturated rings. The largest absolute Gasteiger partial charge is 0.494 e. The lowest BCUT2D eigenvalue weighted by atomic mass is 10.1. The van der Waals surface area contributed by atoms with Crippen molar-refractivity contribution < 1.29 is 22.7 Å². The quantitative estimate of drug-likeness (QED) is 0.290. The van der Waals surface area contributed by atoms with E-state index in [4.69, 9.17) is 4.74 Å². The summed E-state index contributed by atoms with van der Waals surface area (Å²) in [6.45, 7) is 11.1. The summed E-state index contributed by atoms with van der Waals surface area (Å²) >= 11 is 3.34. The Morgan fingerprint density at radius 3 is 2.15 bits per heavy atom. The lowest BCUT2D eigenvalue weighted by Crippen LogP contribution is -2.54. The number of halogens is 1. The third-order valence-corrected chi connectivity index (χ3v) is 8.70. The van der Waals surface area contributed by atoms with Gasteiger partial charge in [-0.2, -0.15) is 0 Å². The molecule has 0 heterocycles. The first-order valence-electron chi connectivity index (χ1n) is 13.4. The van der Waals surface area contributed by atoms with Gasteiger partial charge in [0.1, 0.15) is 18.3 Å². The van der Waals surface area contributed by atoms with Crippen molar-refractivity contribution in [3.05, 3.63) is 88.4 Å². The Morgan fingerprint density at radius 1 is 0.976 bits per heavy atom. The molecule has 0 bridgehead atoms. The molecular weight excluding hydrogens is 606 g/mol. The van der Waals surface area contributed by atoms with Gasteiger partial charge in [0.15, 0.2) is 0 Å². The number of nitrogens with zero attached hydrogens (tertiary/aromatic N) is 2. The van der Waals surface area contributed by atoms with Crippen LogP contribution in [0.25, 0.3) is 0 Å². The number of aryl methyl sites for hydroxylation is 1. The number of hydrogen-bond donors (Lipinski definition) is 1. The van der Waals surface area contributed by atoms with Gasteiger partial charge in [0.25, 0.3) is 10.0 Å². The molecule has 41 heavy (non-hydrogen) atoms. The molecular formula is C31H38BrN3O5S. The van der Waals surface area contributed by atoms with Crippen LogP contribution in [0.3, 0.4) is 0 Å². The number of carbonyl (C=O) groups excluding carboxylic acids is 2. The number of sulfonamides is 1. The van der Waals surface area contributed by atoms with Crippen molar-refractivity contribution in [2.45, 2.75) is 64.6 Å². The van der Waals surface area contributed by atoms with Gasteiger partial charge < -0.3 is 15.0 Å². The van der Waals surface area contributed by atoms with Crippen LogP contribution in [0.5, 0.6) is 5.75 Å². The second kappa shape index (κ2) is 13.5. The summed E-state index contributed by atoms with van der Waals surface area (Å²) in [7, 11) is -4.16. The molecule has 3 aromatic rings. The summed E-state index contributed by atoms with van der Waals surface area (Å²) in [6.07, 6.45) is 0. The molecule has 220 valence electrons. The summed E-state index contributed by atoms with van der Waals surface area (Å²) in [5.74, 6) is -0.264. The molecule has 1 N–H and O–H groups in total. The Balaban J connectivity index is 2.05. The molecule has 0 spiro atoms. The smallest absolute Gasteiger partial charge is 0.264 e. The minimum atomic E-state index is -4.16. The van der Waals surface area contributed by atoms with Crippen molar-refractivity contribution >= 4 is 43.5 Å². The summed E-state index contributed by atoms with van der Waals surface area (Å²) in [5, 5.41) is 2.94. The Bertz CT molecular complexity index is 1450. The molecule has 0 saturated heterocycles. The zero-order valence-corrected chi connectivity index (χ0v) is 26.8.